The minimum atomic E-state index is -0.692. The van der Waals surface area contributed by atoms with E-state index in [0.717, 1.165) is 37.4 Å². The van der Waals surface area contributed by atoms with E-state index in [1.807, 2.05) is 19.1 Å². The van der Waals surface area contributed by atoms with Crippen molar-refractivity contribution in [3.05, 3.63) is 52.4 Å². The number of H-pyrrole nitrogens is 1. The number of hydrogen-bond acceptors (Lipinski definition) is 8. The summed E-state index contributed by atoms with van der Waals surface area (Å²) in [6.45, 7) is 4.47. The summed E-state index contributed by atoms with van der Waals surface area (Å²) in [5, 5.41) is 13.7. The molecule has 0 spiro atoms. The first kappa shape index (κ1) is 25.2. The molecule has 0 unspecified atom stereocenters. The number of ether oxygens (including phenoxy) is 1. The Morgan fingerprint density at radius 3 is 2.70 bits per heavy atom. The zero-order valence-corrected chi connectivity index (χ0v) is 21.6. The molecule has 1 amide bonds. The highest BCUT2D eigenvalue weighted by atomic mass is 35.5. The number of piperidine rings is 1. The smallest absolute Gasteiger partial charge is 0.256 e. The number of halogens is 2. The first-order valence-corrected chi connectivity index (χ1v) is 12.7. The average Bonchev–Trinajstić information content (AvgIpc) is 3.54. The summed E-state index contributed by atoms with van der Waals surface area (Å²) in [5.41, 5.74) is 0.912. The Hall–Kier alpha value is -3.44. The fourth-order valence-corrected chi connectivity index (χ4v) is 4.92. The fourth-order valence-electron chi connectivity index (χ4n) is 4.74. The van der Waals surface area contributed by atoms with Crippen LogP contribution < -0.4 is 15.5 Å². The molecule has 2 aliphatic heterocycles. The van der Waals surface area contributed by atoms with Crippen LogP contribution in [0.5, 0.6) is 0 Å². The molecule has 5 rings (SSSR count). The second kappa shape index (κ2) is 10.9. The monoisotopic (exact) mass is 528 g/mol. The number of aryl methyl sites for hydroxylation is 1. The van der Waals surface area contributed by atoms with Gasteiger partial charge in [0.1, 0.15) is 11.6 Å². The van der Waals surface area contributed by atoms with Crippen LogP contribution in [0.4, 0.5) is 27.8 Å². The summed E-state index contributed by atoms with van der Waals surface area (Å²) in [7, 11) is 1.75. The van der Waals surface area contributed by atoms with Crippen molar-refractivity contribution in [2.75, 3.05) is 48.8 Å². The number of amides is 1. The maximum Gasteiger partial charge on any atom is 0.256 e. The number of nitrogens with one attached hydrogen (secondary N) is 3. The van der Waals surface area contributed by atoms with Gasteiger partial charge in [0.15, 0.2) is 11.6 Å². The number of methoxy groups -OCH3 is 1. The molecule has 0 aliphatic carbocycles. The van der Waals surface area contributed by atoms with Gasteiger partial charge in [0.2, 0.25) is 5.95 Å². The van der Waals surface area contributed by atoms with Crippen molar-refractivity contribution < 1.29 is 13.9 Å². The van der Waals surface area contributed by atoms with Gasteiger partial charge >= 0.3 is 0 Å². The second-order valence-corrected chi connectivity index (χ2v) is 9.81. The van der Waals surface area contributed by atoms with E-state index in [0.29, 0.717) is 37.1 Å². The lowest BCUT2D eigenvalue weighted by Gasteiger charge is -2.32. The highest BCUT2D eigenvalue weighted by Crippen LogP contribution is 2.26. The minimum absolute atomic E-state index is 0.0216. The SMILES string of the molecule is COC1CCN(c2cc(Nc3cc(C)[nH]n3)nc(N[C@H]3CCN(C(=O)c4cccc(Cl)c4F)C3)n2)CC1. The summed E-state index contributed by atoms with van der Waals surface area (Å²) in [6, 6.07) is 8.19. The Morgan fingerprint density at radius 1 is 1.16 bits per heavy atom. The molecule has 2 aromatic heterocycles. The van der Waals surface area contributed by atoms with Crippen LogP contribution in [0.15, 0.2) is 30.3 Å². The molecule has 1 aromatic carbocycles. The molecule has 0 bridgehead atoms. The predicted octanol–water partition coefficient (Wildman–Crippen LogP) is 3.99. The Balaban J connectivity index is 1.32. The van der Waals surface area contributed by atoms with E-state index in [4.69, 9.17) is 21.3 Å². The van der Waals surface area contributed by atoms with E-state index in [-0.39, 0.29) is 28.6 Å². The van der Waals surface area contributed by atoms with Gasteiger partial charge in [-0.2, -0.15) is 15.1 Å². The summed E-state index contributed by atoms with van der Waals surface area (Å²) < 4.78 is 19.9. The molecule has 37 heavy (non-hydrogen) atoms. The number of rotatable bonds is 7. The number of benzene rings is 1. The molecule has 0 radical (unpaired) electrons. The molecule has 2 fully saturated rings. The van der Waals surface area contributed by atoms with Gasteiger partial charge in [-0.25, -0.2) is 4.39 Å². The van der Waals surface area contributed by atoms with Crippen LogP contribution in [0.3, 0.4) is 0 Å². The number of likely N-dealkylation sites (tertiary alicyclic amines) is 1. The molecule has 1 atom stereocenters. The van der Waals surface area contributed by atoms with E-state index >= 15 is 0 Å². The number of anilines is 4. The van der Waals surface area contributed by atoms with Gasteiger partial charge in [-0.3, -0.25) is 9.89 Å². The van der Waals surface area contributed by atoms with E-state index < -0.39 is 5.82 Å². The number of hydrogen-bond donors (Lipinski definition) is 3. The van der Waals surface area contributed by atoms with Crippen LogP contribution in [-0.4, -0.2) is 76.4 Å². The third-order valence-electron chi connectivity index (χ3n) is 6.76. The molecule has 3 N–H and O–H groups in total. The zero-order valence-electron chi connectivity index (χ0n) is 20.8. The number of aromatic amines is 1. The summed E-state index contributed by atoms with van der Waals surface area (Å²) in [6.07, 6.45) is 2.78. The van der Waals surface area contributed by atoms with Gasteiger partial charge in [0, 0.05) is 57.2 Å². The van der Waals surface area contributed by atoms with Crippen molar-refractivity contribution >= 4 is 40.9 Å². The van der Waals surface area contributed by atoms with Crippen molar-refractivity contribution in [3.8, 4) is 0 Å². The van der Waals surface area contributed by atoms with Crippen LogP contribution in [-0.2, 0) is 4.74 Å². The Kier molecular flexibility index (Phi) is 7.43. The number of aromatic nitrogens is 4. The zero-order chi connectivity index (χ0) is 25.9. The molecule has 0 saturated carbocycles. The van der Waals surface area contributed by atoms with E-state index in [1.165, 1.54) is 12.1 Å². The Labute approximate surface area is 219 Å². The molecule has 3 aromatic rings. The summed E-state index contributed by atoms with van der Waals surface area (Å²) in [4.78, 5) is 26.2. The maximum absolute atomic E-state index is 14.4. The first-order valence-electron chi connectivity index (χ1n) is 12.4. The van der Waals surface area contributed by atoms with Gasteiger partial charge in [-0.1, -0.05) is 17.7 Å². The molecular weight excluding hydrogens is 499 g/mol. The first-order chi connectivity index (χ1) is 17.9. The average molecular weight is 529 g/mol. The molecular formula is C25H30ClFN8O2. The third kappa shape index (κ3) is 5.78. The quantitative estimate of drug-likeness (QED) is 0.422. The summed E-state index contributed by atoms with van der Waals surface area (Å²) in [5.74, 6) is 1.45. The second-order valence-electron chi connectivity index (χ2n) is 9.40. The van der Waals surface area contributed by atoms with Crippen molar-refractivity contribution in [1.82, 2.24) is 25.1 Å². The van der Waals surface area contributed by atoms with Gasteiger partial charge in [-0.05, 0) is 38.3 Å². The standard InChI is InChI=1S/C25H30ClFN8O2/c1-15-12-21(33-32-15)29-20-13-22(34-10-7-17(37-2)8-11-34)31-25(30-20)28-16-6-9-35(14-16)24(36)18-4-3-5-19(26)23(18)27/h3-5,12-13,16-17H,6-11,14H2,1-2H3,(H3,28,29,30,31,32,33)/t16-/m0/s1. The van der Waals surface area contributed by atoms with Crippen LogP contribution in [0.1, 0.15) is 35.3 Å². The lowest BCUT2D eigenvalue weighted by molar-refractivity contribution is 0.0786. The normalized spacial score (nSPS) is 18.3. The van der Waals surface area contributed by atoms with Crippen molar-refractivity contribution in [3.63, 3.8) is 0 Å². The Morgan fingerprint density at radius 2 is 1.97 bits per heavy atom. The number of carbonyl (C=O) groups excluding carboxylic acids is 1. The van der Waals surface area contributed by atoms with Crippen LogP contribution >= 0.6 is 11.6 Å². The van der Waals surface area contributed by atoms with Crippen LogP contribution in [0.25, 0.3) is 0 Å². The van der Waals surface area contributed by atoms with E-state index in [1.54, 1.807) is 18.1 Å². The van der Waals surface area contributed by atoms with Crippen molar-refractivity contribution in [1.29, 1.82) is 0 Å². The molecule has 4 heterocycles. The lowest BCUT2D eigenvalue weighted by atomic mass is 10.1. The van der Waals surface area contributed by atoms with Crippen molar-refractivity contribution in [2.45, 2.75) is 38.3 Å². The molecule has 12 heteroatoms. The van der Waals surface area contributed by atoms with Crippen LogP contribution in [0.2, 0.25) is 5.02 Å². The largest absolute Gasteiger partial charge is 0.381 e. The minimum Gasteiger partial charge on any atom is -0.381 e. The predicted molar refractivity (Wildman–Crippen MR) is 140 cm³/mol. The maximum atomic E-state index is 14.4. The highest BCUT2D eigenvalue weighted by Gasteiger charge is 2.30. The molecule has 10 nitrogen and oxygen atoms in total. The summed E-state index contributed by atoms with van der Waals surface area (Å²) >= 11 is 5.87. The topological polar surface area (TPSA) is 111 Å². The molecule has 196 valence electrons. The molecule has 2 aliphatic rings. The van der Waals surface area contributed by atoms with E-state index in [2.05, 4.69) is 30.7 Å². The van der Waals surface area contributed by atoms with Crippen LogP contribution in [0, 0.1) is 12.7 Å². The molecule has 2 saturated heterocycles. The van der Waals surface area contributed by atoms with Gasteiger partial charge in [-0.15, -0.1) is 0 Å². The number of nitrogens with zero attached hydrogens (tertiary/aromatic N) is 5. The van der Waals surface area contributed by atoms with Gasteiger partial charge in [0.05, 0.1) is 16.7 Å². The van der Waals surface area contributed by atoms with Gasteiger partial charge < -0.3 is 25.2 Å². The highest BCUT2D eigenvalue weighted by molar-refractivity contribution is 6.31. The number of carbonyl (C=O) groups is 1. The van der Waals surface area contributed by atoms with Gasteiger partial charge in [0.25, 0.3) is 5.91 Å². The van der Waals surface area contributed by atoms with Crippen molar-refractivity contribution in [2.24, 2.45) is 0 Å². The third-order valence-corrected chi connectivity index (χ3v) is 7.06. The lowest BCUT2D eigenvalue weighted by Crippen LogP contribution is -2.37. The Bertz CT molecular complexity index is 1260. The van der Waals surface area contributed by atoms with E-state index in [9.17, 15) is 9.18 Å². The fraction of sp³-hybridized carbons (Fsp3) is 0.440.